The Kier molecular flexibility index (Phi) is 4.34. The average molecular weight is 303 g/mol. The van der Waals surface area contributed by atoms with Gasteiger partial charge in [-0.3, -0.25) is 4.90 Å². The van der Waals surface area contributed by atoms with E-state index in [0.29, 0.717) is 24.4 Å². The minimum Gasteiger partial charge on any atom is -0.466 e. The Hall–Kier alpha value is -1.62. The number of hydrogen-bond donors (Lipinski definition) is 0. The first kappa shape index (κ1) is 15.3. The van der Waals surface area contributed by atoms with Crippen molar-refractivity contribution in [2.75, 3.05) is 7.05 Å². The number of hydrogen-bond acceptors (Lipinski definition) is 5. The summed E-state index contributed by atoms with van der Waals surface area (Å²) < 4.78 is 11.4. The fourth-order valence-electron chi connectivity index (χ4n) is 3.55. The van der Waals surface area contributed by atoms with Gasteiger partial charge < -0.3 is 8.83 Å². The lowest BCUT2D eigenvalue weighted by Gasteiger charge is -2.35. The molecule has 2 heterocycles. The second kappa shape index (κ2) is 6.24. The van der Waals surface area contributed by atoms with Crippen molar-refractivity contribution in [1.29, 1.82) is 0 Å². The first-order valence-electron chi connectivity index (χ1n) is 8.14. The summed E-state index contributed by atoms with van der Waals surface area (Å²) >= 11 is 0. The summed E-state index contributed by atoms with van der Waals surface area (Å²) in [4.78, 5) is 2.36. The topological polar surface area (TPSA) is 55.3 Å². The zero-order valence-electron chi connectivity index (χ0n) is 13.9. The van der Waals surface area contributed by atoms with E-state index in [9.17, 15) is 0 Å². The van der Waals surface area contributed by atoms with Crippen LogP contribution < -0.4 is 0 Å². The van der Waals surface area contributed by atoms with Gasteiger partial charge in [0.25, 0.3) is 5.89 Å². The van der Waals surface area contributed by atoms with E-state index in [1.165, 1.54) is 25.7 Å². The predicted octanol–water partition coefficient (Wildman–Crippen LogP) is 3.96. The molecule has 22 heavy (non-hydrogen) atoms. The minimum absolute atomic E-state index is 0.550. The van der Waals surface area contributed by atoms with Crippen LogP contribution in [0.3, 0.4) is 0 Å². The van der Waals surface area contributed by atoms with Crippen LogP contribution in [0.1, 0.15) is 50.0 Å². The molecule has 1 aliphatic carbocycles. The summed E-state index contributed by atoms with van der Waals surface area (Å²) in [6, 6.07) is 2.56. The summed E-state index contributed by atoms with van der Waals surface area (Å²) in [6.07, 6.45) is 5.26. The van der Waals surface area contributed by atoms with Gasteiger partial charge in [0.05, 0.1) is 12.1 Å². The van der Waals surface area contributed by atoms with Gasteiger partial charge in [0.1, 0.15) is 11.5 Å². The third-order valence-corrected chi connectivity index (χ3v) is 4.76. The number of aryl methyl sites for hydroxylation is 2. The molecule has 0 amide bonds. The number of nitrogens with zero attached hydrogens (tertiary/aromatic N) is 3. The molecule has 0 spiro atoms. The molecule has 2 aromatic heterocycles. The predicted molar refractivity (Wildman–Crippen MR) is 84.4 cm³/mol. The molecule has 0 aromatic carbocycles. The average Bonchev–Trinajstić information content (AvgIpc) is 3.05. The number of rotatable bonds is 4. The van der Waals surface area contributed by atoms with Crippen molar-refractivity contribution in [3.8, 4) is 11.5 Å². The van der Waals surface area contributed by atoms with Gasteiger partial charge in [-0.15, -0.1) is 10.2 Å². The lowest BCUT2D eigenvalue weighted by atomic mass is 9.85. The third-order valence-electron chi connectivity index (χ3n) is 4.76. The van der Waals surface area contributed by atoms with Crippen LogP contribution in [0, 0.1) is 19.8 Å². The van der Waals surface area contributed by atoms with Crippen LogP contribution in [0.2, 0.25) is 0 Å². The lowest BCUT2D eigenvalue weighted by molar-refractivity contribution is 0.124. The van der Waals surface area contributed by atoms with E-state index in [2.05, 4.69) is 29.1 Å². The van der Waals surface area contributed by atoms with Crippen LogP contribution in [0.5, 0.6) is 0 Å². The molecule has 0 unspecified atom stereocenters. The molecule has 0 radical (unpaired) electrons. The molecule has 1 fully saturated rings. The van der Waals surface area contributed by atoms with Crippen LogP contribution in [0.15, 0.2) is 14.9 Å². The van der Waals surface area contributed by atoms with Crippen molar-refractivity contribution in [3.05, 3.63) is 23.5 Å². The van der Waals surface area contributed by atoms with E-state index in [4.69, 9.17) is 8.83 Å². The first-order valence-corrected chi connectivity index (χ1v) is 8.14. The Labute approximate surface area is 131 Å². The molecule has 5 nitrogen and oxygen atoms in total. The van der Waals surface area contributed by atoms with Crippen molar-refractivity contribution < 1.29 is 8.83 Å². The van der Waals surface area contributed by atoms with Gasteiger partial charge in [0, 0.05) is 6.04 Å². The van der Waals surface area contributed by atoms with E-state index >= 15 is 0 Å². The quantitative estimate of drug-likeness (QED) is 0.855. The van der Waals surface area contributed by atoms with E-state index in [1.54, 1.807) is 0 Å². The van der Waals surface area contributed by atoms with Crippen molar-refractivity contribution >= 4 is 0 Å². The molecule has 2 atom stereocenters. The zero-order chi connectivity index (χ0) is 15.7. The van der Waals surface area contributed by atoms with Crippen LogP contribution in [-0.2, 0) is 6.54 Å². The van der Waals surface area contributed by atoms with Crippen LogP contribution in [0.25, 0.3) is 11.5 Å². The van der Waals surface area contributed by atoms with Crippen molar-refractivity contribution in [2.24, 2.45) is 5.92 Å². The van der Waals surface area contributed by atoms with Crippen molar-refractivity contribution in [3.63, 3.8) is 0 Å². The molecular weight excluding hydrogens is 278 g/mol. The summed E-state index contributed by atoms with van der Waals surface area (Å²) in [7, 11) is 2.16. The van der Waals surface area contributed by atoms with Gasteiger partial charge >= 0.3 is 0 Å². The third kappa shape index (κ3) is 3.09. The summed E-state index contributed by atoms with van der Waals surface area (Å²) in [5.74, 6) is 3.64. The van der Waals surface area contributed by atoms with Crippen LogP contribution in [0.4, 0.5) is 0 Å². The van der Waals surface area contributed by atoms with Crippen LogP contribution in [-0.4, -0.2) is 28.2 Å². The summed E-state index contributed by atoms with van der Waals surface area (Å²) in [6.45, 7) is 6.89. The standard InChI is InChI=1S/C17H25N3O2/c1-11-7-5-6-8-15(11)20(4)10-16-18-19-17(22-16)14-9-12(2)21-13(14)3/h9,11,15H,5-8,10H2,1-4H3/t11-,15+/m1/s1. The molecule has 2 aromatic rings. The molecule has 1 saturated carbocycles. The fraction of sp³-hybridized carbons (Fsp3) is 0.647. The van der Waals surface area contributed by atoms with Crippen molar-refractivity contribution in [2.45, 2.75) is 59.0 Å². The second-order valence-corrected chi connectivity index (χ2v) is 6.57. The maximum Gasteiger partial charge on any atom is 0.251 e. The lowest BCUT2D eigenvalue weighted by Crippen LogP contribution is -2.38. The van der Waals surface area contributed by atoms with Gasteiger partial charge in [-0.2, -0.15) is 0 Å². The summed E-state index contributed by atoms with van der Waals surface area (Å²) in [5.41, 5.74) is 0.893. The van der Waals surface area contributed by atoms with E-state index < -0.39 is 0 Å². The Morgan fingerprint density at radius 3 is 2.64 bits per heavy atom. The smallest absolute Gasteiger partial charge is 0.251 e. The van der Waals surface area contributed by atoms with E-state index in [0.717, 1.165) is 23.0 Å². The monoisotopic (exact) mass is 303 g/mol. The highest BCUT2D eigenvalue weighted by molar-refractivity contribution is 5.55. The summed E-state index contributed by atoms with van der Waals surface area (Å²) in [5, 5.41) is 8.38. The SMILES string of the molecule is Cc1cc(-c2nnc(CN(C)[C@H]3CCCC[C@H]3C)o2)c(C)o1. The molecule has 5 heteroatoms. The molecule has 0 bridgehead atoms. The highest BCUT2D eigenvalue weighted by atomic mass is 16.4. The molecule has 1 aliphatic rings. The van der Waals surface area contributed by atoms with E-state index in [1.807, 2.05) is 19.9 Å². The van der Waals surface area contributed by atoms with Gasteiger partial charge in [0.2, 0.25) is 5.89 Å². The van der Waals surface area contributed by atoms with Crippen LogP contribution >= 0.6 is 0 Å². The molecule has 0 aliphatic heterocycles. The largest absolute Gasteiger partial charge is 0.466 e. The molecule has 3 rings (SSSR count). The Morgan fingerprint density at radius 2 is 1.95 bits per heavy atom. The fourth-order valence-corrected chi connectivity index (χ4v) is 3.55. The maximum absolute atomic E-state index is 5.84. The zero-order valence-corrected chi connectivity index (χ0v) is 13.9. The minimum atomic E-state index is 0.550. The number of aromatic nitrogens is 2. The molecular formula is C17H25N3O2. The van der Waals surface area contributed by atoms with Crippen molar-refractivity contribution in [1.82, 2.24) is 15.1 Å². The highest BCUT2D eigenvalue weighted by Gasteiger charge is 2.26. The second-order valence-electron chi connectivity index (χ2n) is 6.57. The van der Waals surface area contributed by atoms with Gasteiger partial charge in [0.15, 0.2) is 0 Å². The first-order chi connectivity index (χ1) is 10.5. The normalized spacial score (nSPS) is 22.4. The van der Waals surface area contributed by atoms with Gasteiger partial charge in [-0.1, -0.05) is 19.8 Å². The van der Waals surface area contributed by atoms with E-state index in [-0.39, 0.29) is 0 Å². The maximum atomic E-state index is 5.84. The molecule has 0 N–H and O–H groups in total. The molecule has 0 saturated heterocycles. The molecule has 120 valence electrons. The highest BCUT2D eigenvalue weighted by Crippen LogP contribution is 2.29. The Morgan fingerprint density at radius 1 is 1.18 bits per heavy atom. The van der Waals surface area contributed by atoms with Gasteiger partial charge in [-0.05, 0) is 45.7 Å². The van der Waals surface area contributed by atoms with Gasteiger partial charge in [-0.25, -0.2) is 0 Å². The Bertz CT molecular complexity index is 632. The Balaban J connectivity index is 1.70. The number of furan rings is 1.